The van der Waals surface area contributed by atoms with Crippen LogP contribution in [0.1, 0.15) is 79.6 Å². The molecule has 604 valence electrons. The highest BCUT2D eigenvalue weighted by atomic mass is 79.9. The molecule has 0 aliphatic heterocycles. The SMILES string of the molecule is O=C(N/N=C/c1cc(Br)ccc1O)c1cc2ccccc2cc1O.O=C(N/N=C/c1cc(Cl)ccc1O)c1cc2ccccc2cc1O.O=C(N/N=C/c1cc(O)ccc1O)c1cc2ccccc2cc1O.O=C(N/N=C/c1cc([N+](=O)[O-])ccc1O)c1cc2ccccc2cc1O.O=C(N/N=C/c1ccccc1O)c1cc2ccccc2cc1O. The Morgan fingerprint density at radius 3 is 0.851 bits per heavy atom. The second-order valence-corrected chi connectivity index (χ2v) is 27.1. The van der Waals surface area contributed by atoms with Gasteiger partial charge in [-0.15, -0.1) is 0 Å². The predicted molar refractivity (Wildman–Crippen MR) is 465 cm³/mol. The molecule has 29 nitrogen and oxygen atoms in total. The highest BCUT2D eigenvalue weighted by Gasteiger charge is 2.19. The molecule has 31 heteroatoms. The zero-order valence-electron chi connectivity index (χ0n) is 62.7. The molecular weight excluding hydrogens is 1640 g/mol. The van der Waals surface area contributed by atoms with Crippen LogP contribution in [0.15, 0.2) is 309 Å². The number of nitrogens with zero attached hydrogens (tertiary/aromatic N) is 6. The summed E-state index contributed by atoms with van der Waals surface area (Å²) in [6, 6.07) is 75.7. The number of benzene rings is 15. The maximum atomic E-state index is 12.2. The van der Waals surface area contributed by atoms with E-state index in [0.29, 0.717) is 21.7 Å². The van der Waals surface area contributed by atoms with E-state index < -0.39 is 34.5 Å². The number of rotatable bonds is 16. The van der Waals surface area contributed by atoms with Gasteiger partial charge >= 0.3 is 0 Å². The van der Waals surface area contributed by atoms with Crippen molar-refractivity contribution in [2.75, 3.05) is 0 Å². The number of carbonyl (C=O) groups excluding carboxylic acids is 5. The van der Waals surface area contributed by atoms with Crippen LogP contribution in [0.25, 0.3) is 53.9 Å². The van der Waals surface area contributed by atoms with E-state index in [9.17, 15) is 90.3 Å². The molecule has 0 heterocycles. The van der Waals surface area contributed by atoms with Gasteiger partial charge in [-0.3, -0.25) is 34.1 Å². The van der Waals surface area contributed by atoms with Crippen LogP contribution in [0, 0.1) is 10.1 Å². The molecule has 0 saturated heterocycles. The van der Waals surface area contributed by atoms with Crippen molar-refractivity contribution in [1.82, 2.24) is 27.1 Å². The van der Waals surface area contributed by atoms with Gasteiger partial charge in [-0.2, -0.15) is 25.5 Å². The standard InChI is InChI=1S/C18H13BrN2O3.C18H13ClN2O3.C18H13N3O5.C18H14N2O4.C18H14N2O3/c2*19-14-5-6-16(22)13(7-14)10-20-21-18(24)15-8-11-3-1-2-4-12(11)9-17(15)23;22-16-6-5-14(21(25)26)7-13(16)10-19-20-18(24)15-8-11-3-1-2-4-12(11)9-17(15)23;21-14-5-6-16(22)13(7-14)10-19-20-18(24)15-8-11-3-1-2-4-12(11)9-17(15)23;21-16-8-4-3-7-14(16)11-19-20-18(23)15-9-12-5-1-2-6-13(12)10-17(15)22/h2*1-10,22-23H,(H,21,24);1-10,22-23H,(H,20,24);1-10,21-23H,(H,20,24);1-11,21-22H,(H,20,23)/b2*20-10+;2*19-10+;19-11+. The van der Waals surface area contributed by atoms with Crippen LogP contribution >= 0.6 is 27.5 Å². The zero-order chi connectivity index (χ0) is 86.2. The Kier molecular flexibility index (Phi) is 28.2. The summed E-state index contributed by atoms with van der Waals surface area (Å²) in [5.74, 6) is -3.82. The lowest BCUT2D eigenvalue weighted by molar-refractivity contribution is -0.384. The first-order chi connectivity index (χ1) is 58.2. The lowest BCUT2D eigenvalue weighted by atomic mass is 10.1. The van der Waals surface area contributed by atoms with Crippen molar-refractivity contribution in [2.24, 2.45) is 25.5 Å². The van der Waals surface area contributed by atoms with Gasteiger partial charge in [0, 0.05) is 49.4 Å². The Bertz CT molecular complexity index is 6270. The van der Waals surface area contributed by atoms with E-state index in [1.165, 1.54) is 104 Å². The molecule has 0 unspecified atom stereocenters. The van der Waals surface area contributed by atoms with Crippen LogP contribution in [0.4, 0.5) is 5.69 Å². The Morgan fingerprint density at radius 2 is 0.529 bits per heavy atom. The molecule has 0 aliphatic carbocycles. The summed E-state index contributed by atoms with van der Waals surface area (Å²) in [7, 11) is 0. The number of non-ortho nitro benzene ring substituents is 1. The number of halogens is 2. The number of nitro benzene ring substituents is 1. The molecule has 0 aromatic heterocycles. The van der Waals surface area contributed by atoms with Crippen molar-refractivity contribution in [1.29, 1.82) is 0 Å². The minimum atomic E-state index is -0.658. The van der Waals surface area contributed by atoms with Gasteiger partial charge in [-0.25, -0.2) is 27.1 Å². The van der Waals surface area contributed by atoms with E-state index in [-0.39, 0.29) is 108 Å². The molecule has 0 fully saturated rings. The van der Waals surface area contributed by atoms with Crippen LogP contribution in [-0.2, 0) is 0 Å². The number of nitrogens with one attached hydrogen (secondary N) is 5. The van der Waals surface area contributed by atoms with E-state index in [0.717, 1.165) is 82.7 Å². The highest BCUT2D eigenvalue weighted by molar-refractivity contribution is 9.10. The van der Waals surface area contributed by atoms with Gasteiger partial charge in [0.1, 0.15) is 63.2 Å². The number of aromatic hydroxyl groups is 11. The molecule has 15 aromatic carbocycles. The van der Waals surface area contributed by atoms with E-state index in [4.69, 9.17) is 11.6 Å². The van der Waals surface area contributed by atoms with Crippen LogP contribution in [-0.4, -0.2) is 122 Å². The third kappa shape index (κ3) is 22.9. The highest BCUT2D eigenvalue weighted by Crippen LogP contribution is 2.32. The first-order valence-corrected chi connectivity index (χ1v) is 36.9. The summed E-state index contributed by atoms with van der Waals surface area (Å²) < 4.78 is 0.778. The molecular formula is C90H67BrClN11O18. The smallest absolute Gasteiger partial charge is 0.275 e. The minimum absolute atomic E-state index is 0.00838. The normalized spacial score (nSPS) is 11.0. The summed E-state index contributed by atoms with van der Waals surface area (Å²) in [5, 5.41) is 146. The van der Waals surface area contributed by atoms with Crippen LogP contribution in [0.5, 0.6) is 63.2 Å². The third-order valence-electron chi connectivity index (χ3n) is 17.5. The second kappa shape index (κ2) is 40.0. The van der Waals surface area contributed by atoms with Crippen molar-refractivity contribution >= 4 is 148 Å². The van der Waals surface area contributed by atoms with Crippen molar-refractivity contribution < 1.29 is 85.1 Å². The number of amides is 5. The van der Waals surface area contributed by atoms with Crippen molar-refractivity contribution in [3.63, 3.8) is 0 Å². The number of hydrazone groups is 5. The maximum absolute atomic E-state index is 12.2. The molecule has 15 rings (SSSR count). The van der Waals surface area contributed by atoms with Gasteiger partial charge in [0.25, 0.3) is 35.2 Å². The fraction of sp³-hybridized carbons (Fsp3) is 0. The Labute approximate surface area is 698 Å². The summed E-state index contributed by atoms with van der Waals surface area (Å²) >= 11 is 9.13. The number of hydrogen-bond donors (Lipinski definition) is 16. The van der Waals surface area contributed by atoms with Crippen LogP contribution in [0.2, 0.25) is 5.02 Å². The largest absolute Gasteiger partial charge is 0.508 e. The fourth-order valence-corrected chi connectivity index (χ4v) is 12.0. The predicted octanol–water partition coefficient (Wildman–Crippen LogP) is 16.1. The summed E-state index contributed by atoms with van der Waals surface area (Å²) in [5.41, 5.74) is 13.4. The van der Waals surface area contributed by atoms with Crippen molar-refractivity contribution in [3.8, 4) is 63.2 Å². The molecule has 15 aromatic rings. The number of phenols is 11. The summed E-state index contributed by atoms with van der Waals surface area (Å²) in [4.78, 5) is 71.0. The number of nitro groups is 1. The Balaban J connectivity index is 0.000000148. The first-order valence-electron chi connectivity index (χ1n) is 35.7. The molecule has 0 radical (unpaired) electrons. The van der Waals surface area contributed by atoms with Crippen molar-refractivity contribution in [2.45, 2.75) is 0 Å². The summed E-state index contributed by atoms with van der Waals surface area (Å²) in [6.07, 6.45) is 6.22. The van der Waals surface area contributed by atoms with E-state index in [1.807, 2.05) is 109 Å². The molecule has 0 saturated carbocycles. The van der Waals surface area contributed by atoms with Crippen LogP contribution < -0.4 is 27.1 Å². The second-order valence-electron chi connectivity index (χ2n) is 25.8. The lowest BCUT2D eigenvalue weighted by Gasteiger charge is -2.06. The fourth-order valence-electron chi connectivity index (χ4n) is 11.4. The van der Waals surface area contributed by atoms with Crippen LogP contribution in [0.3, 0.4) is 0 Å². The van der Waals surface area contributed by atoms with Gasteiger partial charge < -0.3 is 56.2 Å². The topological polar surface area (TPSA) is 473 Å². The number of carbonyl (C=O) groups is 5. The number of phenolic OH excluding ortho intramolecular Hbond substituents is 11. The summed E-state index contributed by atoms with van der Waals surface area (Å²) in [6.45, 7) is 0. The monoisotopic (exact) mass is 1700 g/mol. The molecule has 16 N–H and O–H groups in total. The van der Waals surface area contributed by atoms with Gasteiger partial charge in [0.05, 0.1) is 63.8 Å². The number of fused-ring (bicyclic) bond motifs is 5. The lowest BCUT2D eigenvalue weighted by Crippen LogP contribution is -2.17. The van der Waals surface area contributed by atoms with E-state index in [2.05, 4.69) is 68.6 Å². The Hall–Kier alpha value is -16.7. The number of hydrogen-bond acceptors (Lipinski definition) is 23. The maximum Gasteiger partial charge on any atom is 0.275 e. The molecule has 121 heavy (non-hydrogen) atoms. The number of para-hydroxylation sites is 1. The Morgan fingerprint density at radius 1 is 0.281 bits per heavy atom. The minimum Gasteiger partial charge on any atom is -0.508 e. The van der Waals surface area contributed by atoms with Crippen molar-refractivity contribution in [3.05, 3.63) is 354 Å². The molecule has 0 aliphatic rings. The van der Waals surface area contributed by atoms with Gasteiger partial charge in [0.2, 0.25) is 0 Å². The average molecular weight is 1710 g/mol. The molecule has 5 amide bonds. The van der Waals surface area contributed by atoms with Gasteiger partial charge in [-0.05, 0) is 187 Å². The quantitative estimate of drug-likeness (QED) is 0.0185. The average Bonchev–Trinajstić information content (AvgIpc) is 0.825. The first kappa shape index (κ1) is 85.2. The van der Waals surface area contributed by atoms with Gasteiger partial charge in [0.15, 0.2) is 0 Å². The van der Waals surface area contributed by atoms with E-state index in [1.54, 1.807) is 72.8 Å². The van der Waals surface area contributed by atoms with Gasteiger partial charge in [-0.1, -0.05) is 161 Å². The zero-order valence-corrected chi connectivity index (χ0v) is 65.0. The molecule has 0 bridgehead atoms. The van der Waals surface area contributed by atoms with E-state index >= 15 is 0 Å². The molecule has 0 spiro atoms. The third-order valence-corrected chi connectivity index (χ3v) is 18.3. The molecule has 0 atom stereocenters.